The number of H-pyrrole nitrogens is 2. The maximum absolute atomic E-state index is 12.6. The molecule has 0 aliphatic heterocycles. The van der Waals surface area contributed by atoms with Gasteiger partial charge in [-0.3, -0.25) is 14.2 Å². The van der Waals surface area contributed by atoms with E-state index in [2.05, 4.69) is 20.2 Å². The average molecular weight is 276 g/mol. The molecule has 2 aromatic heterocycles. The smallest absolute Gasteiger partial charge is 0.313 e. The van der Waals surface area contributed by atoms with E-state index in [-0.39, 0.29) is 24.1 Å². The Labute approximate surface area is 113 Å². The Balaban J connectivity index is 2.05. The standard InChI is InChI=1S/C13H13FN4O2/c1-6-8(9-2-7(9)4-14)3-11(18-17-6)10-5-15-13(20)16-12(10)19/h3,5,7,9H,2,4H2,1H3,(H2,15,16,19,20)/t7-,9+/m1/s1. The molecule has 0 aromatic carbocycles. The molecule has 1 aliphatic rings. The molecule has 0 bridgehead atoms. The molecule has 2 N–H and O–H groups in total. The van der Waals surface area contributed by atoms with E-state index in [1.54, 1.807) is 6.07 Å². The van der Waals surface area contributed by atoms with Crippen LogP contribution < -0.4 is 11.2 Å². The van der Waals surface area contributed by atoms with Crippen molar-refractivity contribution in [3.05, 3.63) is 44.4 Å². The van der Waals surface area contributed by atoms with Crippen LogP contribution in [-0.2, 0) is 0 Å². The minimum Gasteiger partial charge on any atom is -0.313 e. The third-order valence-electron chi connectivity index (χ3n) is 3.63. The third kappa shape index (κ3) is 2.15. The number of aryl methyl sites for hydroxylation is 1. The second-order valence-corrected chi connectivity index (χ2v) is 5.01. The fourth-order valence-corrected chi connectivity index (χ4v) is 2.37. The molecule has 1 saturated carbocycles. The lowest BCUT2D eigenvalue weighted by molar-refractivity contribution is 0.452. The van der Waals surface area contributed by atoms with Gasteiger partial charge in [0.25, 0.3) is 5.56 Å². The summed E-state index contributed by atoms with van der Waals surface area (Å²) in [6.45, 7) is 1.47. The zero-order valence-electron chi connectivity index (χ0n) is 10.8. The lowest BCUT2D eigenvalue weighted by atomic mass is 10.1. The average Bonchev–Trinajstić information content (AvgIpc) is 3.19. The van der Waals surface area contributed by atoms with Gasteiger partial charge in [0.15, 0.2) is 0 Å². The van der Waals surface area contributed by atoms with E-state index in [0.717, 1.165) is 17.7 Å². The van der Waals surface area contributed by atoms with Crippen molar-refractivity contribution in [2.75, 3.05) is 6.67 Å². The second kappa shape index (κ2) is 4.66. The fraction of sp³-hybridized carbons (Fsp3) is 0.385. The third-order valence-corrected chi connectivity index (χ3v) is 3.63. The van der Waals surface area contributed by atoms with Gasteiger partial charge in [0.1, 0.15) is 5.69 Å². The summed E-state index contributed by atoms with van der Waals surface area (Å²) in [4.78, 5) is 27.3. The molecule has 1 aliphatic carbocycles. The second-order valence-electron chi connectivity index (χ2n) is 5.01. The molecule has 0 radical (unpaired) electrons. The summed E-state index contributed by atoms with van der Waals surface area (Å²) in [7, 11) is 0. The number of aromatic nitrogens is 4. The number of hydrogen-bond acceptors (Lipinski definition) is 4. The van der Waals surface area contributed by atoms with Crippen LogP contribution >= 0.6 is 0 Å². The minimum atomic E-state index is -0.571. The van der Waals surface area contributed by atoms with Crippen LogP contribution in [-0.4, -0.2) is 26.8 Å². The number of nitrogens with one attached hydrogen (secondary N) is 2. The Hall–Kier alpha value is -2.31. The molecule has 7 heteroatoms. The summed E-state index contributed by atoms with van der Waals surface area (Å²) < 4.78 is 12.6. The van der Waals surface area contributed by atoms with E-state index in [1.165, 1.54) is 6.20 Å². The highest BCUT2D eigenvalue weighted by Gasteiger charge is 2.39. The van der Waals surface area contributed by atoms with Gasteiger partial charge >= 0.3 is 5.69 Å². The maximum Gasteiger partial charge on any atom is 0.325 e. The van der Waals surface area contributed by atoms with Crippen molar-refractivity contribution in [2.24, 2.45) is 5.92 Å². The molecule has 0 saturated heterocycles. The topological polar surface area (TPSA) is 91.5 Å². The van der Waals surface area contributed by atoms with Gasteiger partial charge in [0.05, 0.1) is 17.9 Å². The zero-order chi connectivity index (χ0) is 14.3. The number of nitrogens with zero attached hydrogens (tertiary/aromatic N) is 2. The van der Waals surface area contributed by atoms with Crippen molar-refractivity contribution in [2.45, 2.75) is 19.3 Å². The Morgan fingerprint density at radius 3 is 2.85 bits per heavy atom. The Kier molecular flexibility index (Phi) is 2.96. The molecule has 2 aromatic rings. The molecule has 1 fully saturated rings. The highest BCUT2D eigenvalue weighted by atomic mass is 19.1. The monoisotopic (exact) mass is 276 g/mol. The number of aromatic amines is 2. The summed E-state index contributed by atoms with van der Waals surface area (Å²) in [6.07, 6.45) is 2.11. The molecular weight excluding hydrogens is 263 g/mol. The lowest BCUT2D eigenvalue weighted by Gasteiger charge is -2.05. The van der Waals surface area contributed by atoms with Crippen molar-refractivity contribution in [3.63, 3.8) is 0 Å². The molecule has 3 rings (SSSR count). The van der Waals surface area contributed by atoms with E-state index in [4.69, 9.17) is 0 Å². The summed E-state index contributed by atoms with van der Waals surface area (Å²) in [5.41, 5.74) is 1.21. The predicted molar refractivity (Wildman–Crippen MR) is 70.3 cm³/mol. The lowest BCUT2D eigenvalue weighted by Crippen LogP contribution is -2.23. The van der Waals surface area contributed by atoms with Gasteiger partial charge in [-0.1, -0.05) is 0 Å². The largest absolute Gasteiger partial charge is 0.325 e. The van der Waals surface area contributed by atoms with Crippen LogP contribution in [0.15, 0.2) is 21.9 Å². The van der Waals surface area contributed by atoms with Gasteiger partial charge in [-0.2, -0.15) is 5.10 Å². The molecule has 2 heterocycles. The maximum atomic E-state index is 12.6. The van der Waals surface area contributed by atoms with Crippen LogP contribution in [0.4, 0.5) is 4.39 Å². The van der Waals surface area contributed by atoms with Crippen molar-refractivity contribution in [1.82, 2.24) is 20.2 Å². The number of hydrogen-bond donors (Lipinski definition) is 2. The first kappa shape index (κ1) is 12.7. The van der Waals surface area contributed by atoms with E-state index in [0.29, 0.717) is 5.69 Å². The normalized spacial score (nSPS) is 20.9. The van der Waals surface area contributed by atoms with Crippen molar-refractivity contribution < 1.29 is 4.39 Å². The number of halogens is 1. The summed E-state index contributed by atoms with van der Waals surface area (Å²) >= 11 is 0. The van der Waals surface area contributed by atoms with Crippen LogP contribution in [0.1, 0.15) is 23.6 Å². The van der Waals surface area contributed by atoms with Crippen molar-refractivity contribution in [1.29, 1.82) is 0 Å². The molecule has 20 heavy (non-hydrogen) atoms. The van der Waals surface area contributed by atoms with Gasteiger partial charge in [-0.15, -0.1) is 5.10 Å². The summed E-state index contributed by atoms with van der Waals surface area (Å²) in [6, 6.07) is 1.76. The van der Waals surface area contributed by atoms with Crippen LogP contribution in [0, 0.1) is 12.8 Å². The number of rotatable bonds is 3. The zero-order valence-corrected chi connectivity index (χ0v) is 10.8. The first-order valence-corrected chi connectivity index (χ1v) is 6.32. The molecule has 2 atom stereocenters. The van der Waals surface area contributed by atoms with Crippen LogP contribution in [0.25, 0.3) is 11.3 Å². The van der Waals surface area contributed by atoms with E-state index in [1.807, 2.05) is 6.92 Å². The van der Waals surface area contributed by atoms with Crippen LogP contribution in [0.2, 0.25) is 0 Å². The first-order chi connectivity index (χ1) is 9.60. The highest BCUT2D eigenvalue weighted by molar-refractivity contribution is 5.57. The predicted octanol–water partition coefficient (Wildman–Crippen LogP) is 0.902. The fourth-order valence-electron chi connectivity index (χ4n) is 2.37. The Morgan fingerprint density at radius 2 is 2.20 bits per heavy atom. The van der Waals surface area contributed by atoms with Crippen LogP contribution in [0.3, 0.4) is 0 Å². The van der Waals surface area contributed by atoms with Crippen LogP contribution in [0.5, 0.6) is 0 Å². The van der Waals surface area contributed by atoms with Gasteiger partial charge < -0.3 is 4.98 Å². The molecular formula is C13H13FN4O2. The summed E-state index contributed by atoms with van der Waals surface area (Å²) in [5.74, 6) is 0.190. The molecule has 104 valence electrons. The van der Waals surface area contributed by atoms with Gasteiger partial charge in [0, 0.05) is 6.20 Å². The van der Waals surface area contributed by atoms with E-state index < -0.39 is 11.2 Å². The Bertz CT molecular complexity index is 767. The van der Waals surface area contributed by atoms with Gasteiger partial charge in [-0.25, -0.2) is 4.79 Å². The first-order valence-electron chi connectivity index (χ1n) is 6.32. The number of alkyl halides is 1. The molecule has 0 unspecified atom stereocenters. The van der Waals surface area contributed by atoms with Crippen molar-refractivity contribution in [3.8, 4) is 11.3 Å². The van der Waals surface area contributed by atoms with Gasteiger partial charge in [-0.05, 0) is 36.8 Å². The Morgan fingerprint density at radius 1 is 1.40 bits per heavy atom. The molecule has 6 nitrogen and oxygen atoms in total. The molecule has 0 spiro atoms. The van der Waals surface area contributed by atoms with E-state index in [9.17, 15) is 14.0 Å². The SMILES string of the molecule is Cc1nnc(-c2c[nH]c(=O)[nH]c2=O)cc1[C@H]1C[C@@H]1CF. The van der Waals surface area contributed by atoms with E-state index >= 15 is 0 Å². The van der Waals surface area contributed by atoms with Crippen molar-refractivity contribution >= 4 is 0 Å². The minimum absolute atomic E-state index is 0.0413. The van der Waals surface area contributed by atoms with Gasteiger partial charge in [0.2, 0.25) is 0 Å². The summed E-state index contributed by atoms with van der Waals surface area (Å²) in [5, 5.41) is 8.01. The molecule has 0 amide bonds. The quantitative estimate of drug-likeness (QED) is 0.871. The highest BCUT2D eigenvalue weighted by Crippen LogP contribution is 2.48.